The molecule has 0 spiro atoms. The van der Waals surface area contributed by atoms with E-state index in [1.807, 2.05) is 19.1 Å². The van der Waals surface area contributed by atoms with Crippen LogP contribution in [0.5, 0.6) is 0 Å². The molecule has 6 nitrogen and oxygen atoms in total. The summed E-state index contributed by atoms with van der Waals surface area (Å²) in [6, 6.07) is 9.29. The molecule has 3 rings (SSSR count). The highest BCUT2D eigenvalue weighted by Crippen LogP contribution is 2.35. The molecule has 1 aliphatic heterocycles. The molecule has 1 amide bonds. The first-order valence-electron chi connectivity index (χ1n) is 8.80. The Morgan fingerprint density at radius 1 is 1.31 bits per heavy atom. The van der Waals surface area contributed by atoms with Gasteiger partial charge in [0.15, 0.2) is 5.82 Å². The third kappa shape index (κ3) is 4.44. The van der Waals surface area contributed by atoms with Crippen molar-refractivity contribution in [1.29, 1.82) is 0 Å². The molecule has 2 heterocycles. The fourth-order valence-corrected chi connectivity index (χ4v) is 3.36. The number of benzene rings is 1. The molecule has 1 aliphatic rings. The molecule has 26 heavy (non-hydrogen) atoms. The Balaban J connectivity index is 1.65. The van der Waals surface area contributed by atoms with Crippen molar-refractivity contribution in [1.82, 2.24) is 10.5 Å². The maximum atomic E-state index is 12.4. The van der Waals surface area contributed by atoms with Crippen LogP contribution in [0.3, 0.4) is 0 Å². The predicted molar refractivity (Wildman–Crippen MR) is 101 cm³/mol. The minimum atomic E-state index is -0.362. The van der Waals surface area contributed by atoms with E-state index in [1.54, 1.807) is 13.0 Å². The molecule has 2 N–H and O–H groups in total. The molecular formula is C19H24ClN3O3. The van der Waals surface area contributed by atoms with Gasteiger partial charge >= 0.3 is 0 Å². The van der Waals surface area contributed by atoms with Crippen LogP contribution in [0, 0.1) is 6.92 Å². The summed E-state index contributed by atoms with van der Waals surface area (Å²) in [7, 11) is 0. The van der Waals surface area contributed by atoms with Gasteiger partial charge in [0.1, 0.15) is 5.76 Å². The van der Waals surface area contributed by atoms with E-state index in [-0.39, 0.29) is 17.4 Å². The average molecular weight is 378 g/mol. The second-order valence-electron chi connectivity index (χ2n) is 6.81. The maximum absolute atomic E-state index is 12.4. The molecule has 7 heteroatoms. The number of anilines is 1. The summed E-state index contributed by atoms with van der Waals surface area (Å²) in [5.74, 6) is 0.945. The number of carbonyl (C=O) groups is 1. The lowest BCUT2D eigenvalue weighted by Crippen LogP contribution is -2.48. The van der Waals surface area contributed by atoms with Crippen LogP contribution in [0.4, 0.5) is 5.82 Å². The number of carbonyl (C=O) groups excluding carboxylic acids is 1. The fourth-order valence-electron chi connectivity index (χ4n) is 3.23. The van der Waals surface area contributed by atoms with Gasteiger partial charge in [-0.3, -0.25) is 4.79 Å². The second-order valence-corrected chi connectivity index (χ2v) is 7.25. The Kier molecular flexibility index (Phi) is 5.96. The minimum Gasteiger partial charge on any atom is -0.381 e. The Labute approximate surface area is 158 Å². The fraction of sp³-hybridized carbons (Fsp3) is 0.474. The summed E-state index contributed by atoms with van der Waals surface area (Å²) in [4.78, 5) is 12.4. The van der Waals surface area contributed by atoms with Crippen molar-refractivity contribution >= 4 is 23.3 Å². The smallest absolute Gasteiger partial charge is 0.242 e. The van der Waals surface area contributed by atoms with Crippen molar-refractivity contribution in [2.24, 2.45) is 0 Å². The van der Waals surface area contributed by atoms with Crippen LogP contribution in [0.2, 0.25) is 5.02 Å². The molecule has 140 valence electrons. The van der Waals surface area contributed by atoms with Gasteiger partial charge in [0.25, 0.3) is 0 Å². The highest BCUT2D eigenvalue weighted by atomic mass is 35.5. The van der Waals surface area contributed by atoms with Crippen LogP contribution < -0.4 is 10.6 Å². The first-order chi connectivity index (χ1) is 12.5. The predicted octanol–water partition coefficient (Wildman–Crippen LogP) is 3.30. The first kappa shape index (κ1) is 18.9. The van der Waals surface area contributed by atoms with Gasteiger partial charge in [-0.1, -0.05) is 28.9 Å². The van der Waals surface area contributed by atoms with Gasteiger partial charge in [-0.2, -0.15) is 0 Å². The normalized spacial score (nSPS) is 17.7. The molecule has 0 saturated carbocycles. The molecule has 1 aromatic carbocycles. The van der Waals surface area contributed by atoms with Gasteiger partial charge in [0.2, 0.25) is 5.91 Å². The lowest BCUT2D eigenvalue weighted by atomic mass is 9.74. The zero-order valence-corrected chi connectivity index (χ0v) is 15.8. The van der Waals surface area contributed by atoms with E-state index in [0.717, 1.165) is 17.9 Å². The maximum Gasteiger partial charge on any atom is 0.242 e. The quantitative estimate of drug-likeness (QED) is 0.807. The number of aryl methyl sites for hydroxylation is 1. The van der Waals surface area contributed by atoms with Crippen LogP contribution in [-0.4, -0.2) is 36.9 Å². The second kappa shape index (κ2) is 8.20. The first-order valence-corrected chi connectivity index (χ1v) is 9.18. The number of aromatic nitrogens is 1. The molecule has 1 saturated heterocycles. The Morgan fingerprint density at radius 2 is 2.00 bits per heavy atom. The summed E-state index contributed by atoms with van der Waals surface area (Å²) in [6.45, 7) is 5.74. The van der Waals surface area contributed by atoms with Gasteiger partial charge in [0, 0.05) is 36.3 Å². The number of nitrogens with zero attached hydrogens (tertiary/aromatic N) is 1. The molecule has 1 aromatic heterocycles. The molecular weight excluding hydrogens is 354 g/mol. The topological polar surface area (TPSA) is 76.4 Å². The molecule has 0 radical (unpaired) electrons. The standard InChI is InChI=1S/C19H24ClN3O3/c1-13-11-17(23-26-13)22-18(24)14(2)21-12-19(7-9-25-10-8-19)15-3-5-16(20)6-4-15/h3-6,11,14,21H,7-10,12H2,1-2H3,(H,22,23,24). The molecule has 0 aliphatic carbocycles. The number of ether oxygens (including phenoxy) is 1. The summed E-state index contributed by atoms with van der Waals surface area (Å²) in [5.41, 5.74) is 1.15. The van der Waals surface area contributed by atoms with Crippen LogP contribution in [0.1, 0.15) is 31.1 Å². The van der Waals surface area contributed by atoms with Gasteiger partial charge in [-0.05, 0) is 44.4 Å². The molecule has 2 aromatic rings. The third-order valence-corrected chi connectivity index (χ3v) is 5.18. The number of nitrogens with one attached hydrogen (secondary N) is 2. The van der Waals surface area contributed by atoms with E-state index in [1.165, 1.54) is 5.56 Å². The number of rotatable bonds is 6. The number of halogens is 1. The average Bonchev–Trinajstić information content (AvgIpc) is 3.05. The van der Waals surface area contributed by atoms with Crippen LogP contribution in [-0.2, 0) is 14.9 Å². The summed E-state index contributed by atoms with van der Waals surface area (Å²) >= 11 is 6.04. The third-order valence-electron chi connectivity index (χ3n) is 4.93. The van der Waals surface area contributed by atoms with E-state index in [4.69, 9.17) is 20.9 Å². The van der Waals surface area contributed by atoms with Crippen molar-refractivity contribution in [2.75, 3.05) is 25.1 Å². The SMILES string of the molecule is Cc1cc(NC(=O)C(C)NCC2(c3ccc(Cl)cc3)CCOCC2)no1. The van der Waals surface area contributed by atoms with E-state index >= 15 is 0 Å². The van der Waals surface area contributed by atoms with Crippen molar-refractivity contribution in [3.63, 3.8) is 0 Å². The van der Waals surface area contributed by atoms with E-state index < -0.39 is 0 Å². The Morgan fingerprint density at radius 3 is 2.62 bits per heavy atom. The number of hydrogen-bond donors (Lipinski definition) is 2. The van der Waals surface area contributed by atoms with Crippen molar-refractivity contribution < 1.29 is 14.1 Å². The van der Waals surface area contributed by atoms with Crippen LogP contribution in [0.15, 0.2) is 34.9 Å². The molecule has 1 unspecified atom stereocenters. The molecule has 1 fully saturated rings. The van der Waals surface area contributed by atoms with Gasteiger partial charge < -0.3 is 19.9 Å². The monoisotopic (exact) mass is 377 g/mol. The lowest BCUT2D eigenvalue weighted by Gasteiger charge is -2.38. The van der Waals surface area contributed by atoms with Gasteiger partial charge in [0.05, 0.1) is 6.04 Å². The number of amides is 1. The summed E-state index contributed by atoms with van der Waals surface area (Å²) < 4.78 is 10.5. The highest BCUT2D eigenvalue weighted by molar-refractivity contribution is 6.30. The zero-order chi connectivity index (χ0) is 18.6. The molecule has 1 atom stereocenters. The lowest BCUT2D eigenvalue weighted by molar-refractivity contribution is -0.117. The highest BCUT2D eigenvalue weighted by Gasteiger charge is 2.35. The van der Waals surface area contributed by atoms with Gasteiger partial charge in [-0.15, -0.1) is 0 Å². The van der Waals surface area contributed by atoms with Crippen molar-refractivity contribution in [3.05, 3.63) is 46.7 Å². The minimum absolute atomic E-state index is 0.0676. The number of hydrogen-bond acceptors (Lipinski definition) is 5. The van der Waals surface area contributed by atoms with E-state index in [0.29, 0.717) is 31.3 Å². The van der Waals surface area contributed by atoms with E-state index in [2.05, 4.69) is 27.9 Å². The van der Waals surface area contributed by atoms with E-state index in [9.17, 15) is 4.79 Å². The Hall–Kier alpha value is -1.89. The zero-order valence-electron chi connectivity index (χ0n) is 15.0. The largest absolute Gasteiger partial charge is 0.381 e. The van der Waals surface area contributed by atoms with Crippen molar-refractivity contribution in [3.8, 4) is 0 Å². The Bertz CT molecular complexity index is 739. The summed E-state index contributed by atoms with van der Waals surface area (Å²) in [5, 5.41) is 10.7. The summed E-state index contributed by atoms with van der Waals surface area (Å²) in [6.07, 6.45) is 1.80. The van der Waals surface area contributed by atoms with Gasteiger partial charge in [-0.25, -0.2) is 0 Å². The van der Waals surface area contributed by atoms with Crippen LogP contribution >= 0.6 is 11.6 Å². The van der Waals surface area contributed by atoms with Crippen LogP contribution in [0.25, 0.3) is 0 Å². The van der Waals surface area contributed by atoms with Crippen molar-refractivity contribution in [2.45, 2.75) is 38.1 Å². The molecule has 0 bridgehead atoms.